The molecule has 33 heavy (non-hydrogen) atoms. The summed E-state index contributed by atoms with van der Waals surface area (Å²) in [6.07, 6.45) is 0.840. The maximum Gasteiger partial charge on any atom is 0.344 e. The van der Waals surface area contributed by atoms with Gasteiger partial charge in [-0.2, -0.15) is 0 Å². The Balaban J connectivity index is 1.46. The molecule has 0 atom stereocenters. The molecule has 0 spiro atoms. The van der Waals surface area contributed by atoms with E-state index in [2.05, 4.69) is 18.2 Å². The minimum Gasteiger partial charge on any atom is -0.423 e. The number of hydrogen-bond acceptors (Lipinski definition) is 4. The van der Waals surface area contributed by atoms with Crippen LogP contribution in [0.4, 0.5) is 0 Å². The van der Waals surface area contributed by atoms with Gasteiger partial charge in [0.1, 0.15) is 5.75 Å². The van der Waals surface area contributed by atoms with Crippen molar-refractivity contribution in [1.29, 1.82) is 0 Å². The first kappa shape index (κ1) is 21.1. The molecule has 0 radical (unpaired) electrons. The lowest BCUT2D eigenvalue weighted by Crippen LogP contribution is -2.10. The Morgan fingerprint density at radius 2 is 1.64 bits per heavy atom. The average Bonchev–Trinajstić information content (AvgIpc) is 3.35. The maximum absolute atomic E-state index is 13.3. The predicted octanol–water partition coefficient (Wildman–Crippen LogP) is 7.39. The Morgan fingerprint density at radius 3 is 2.36 bits per heavy atom. The number of rotatable bonds is 5. The zero-order valence-corrected chi connectivity index (χ0v) is 19.4. The van der Waals surface area contributed by atoms with Crippen LogP contribution in [0.1, 0.15) is 32.6 Å². The number of carbonyl (C=O) groups excluding carboxylic acids is 1. The number of nitrogens with zero attached hydrogens (tertiary/aromatic N) is 1. The molecule has 5 rings (SSSR count). The summed E-state index contributed by atoms with van der Waals surface area (Å²) in [5, 5.41) is 2.83. The van der Waals surface area contributed by atoms with Crippen molar-refractivity contribution in [1.82, 2.24) is 4.98 Å². The second-order valence-corrected chi connectivity index (χ2v) is 9.15. The summed E-state index contributed by atoms with van der Waals surface area (Å²) in [6, 6.07) is 28.0. The number of thiophene rings is 1. The molecule has 0 aliphatic carbocycles. The zero-order valence-electron chi connectivity index (χ0n) is 18.5. The van der Waals surface area contributed by atoms with Crippen LogP contribution in [-0.2, 0) is 6.42 Å². The van der Waals surface area contributed by atoms with Crippen molar-refractivity contribution in [3.63, 3.8) is 0 Å². The SMILES string of the molecule is Cc1cc(C)c2nc(-c3cccs3)cc(C(=O)Oc3ccc(Cc4ccccc4)cc3)c2c1. The summed E-state index contributed by atoms with van der Waals surface area (Å²) < 4.78 is 5.80. The largest absolute Gasteiger partial charge is 0.423 e. The third kappa shape index (κ3) is 4.57. The van der Waals surface area contributed by atoms with Gasteiger partial charge < -0.3 is 4.74 Å². The van der Waals surface area contributed by atoms with E-state index in [1.807, 2.05) is 86.0 Å². The lowest BCUT2D eigenvalue weighted by molar-refractivity contribution is 0.0737. The van der Waals surface area contributed by atoms with Gasteiger partial charge in [0.15, 0.2) is 0 Å². The second-order valence-electron chi connectivity index (χ2n) is 8.21. The molecule has 4 heteroatoms. The van der Waals surface area contributed by atoms with Gasteiger partial charge in [-0.05, 0) is 72.7 Å². The van der Waals surface area contributed by atoms with E-state index in [4.69, 9.17) is 9.72 Å². The highest BCUT2D eigenvalue weighted by atomic mass is 32.1. The molecule has 3 aromatic carbocycles. The Labute approximate surface area is 197 Å². The highest BCUT2D eigenvalue weighted by molar-refractivity contribution is 7.13. The van der Waals surface area contributed by atoms with E-state index in [9.17, 15) is 4.79 Å². The van der Waals surface area contributed by atoms with Gasteiger partial charge in [-0.1, -0.05) is 60.2 Å². The van der Waals surface area contributed by atoms with E-state index in [-0.39, 0.29) is 5.97 Å². The number of hydrogen-bond donors (Lipinski definition) is 0. The first-order chi connectivity index (χ1) is 16.1. The molecular weight excluding hydrogens is 426 g/mol. The maximum atomic E-state index is 13.3. The molecule has 3 nitrogen and oxygen atoms in total. The van der Waals surface area contributed by atoms with Crippen molar-refractivity contribution in [2.75, 3.05) is 0 Å². The topological polar surface area (TPSA) is 39.2 Å². The molecule has 0 aliphatic rings. The van der Waals surface area contributed by atoms with Crippen molar-refractivity contribution >= 4 is 28.2 Å². The van der Waals surface area contributed by atoms with Crippen molar-refractivity contribution in [3.8, 4) is 16.3 Å². The molecule has 0 unspecified atom stereocenters. The molecule has 0 N–H and O–H groups in total. The molecule has 2 heterocycles. The summed E-state index contributed by atoms with van der Waals surface area (Å²) in [7, 11) is 0. The summed E-state index contributed by atoms with van der Waals surface area (Å²) in [6.45, 7) is 4.06. The van der Waals surface area contributed by atoms with Crippen molar-refractivity contribution in [2.24, 2.45) is 0 Å². The number of ether oxygens (including phenoxy) is 1. The van der Waals surface area contributed by atoms with Gasteiger partial charge in [-0.25, -0.2) is 9.78 Å². The predicted molar refractivity (Wildman–Crippen MR) is 135 cm³/mol. The van der Waals surface area contributed by atoms with E-state index < -0.39 is 0 Å². The number of benzene rings is 3. The molecule has 0 fully saturated rings. The highest BCUT2D eigenvalue weighted by Crippen LogP contribution is 2.31. The Hall–Kier alpha value is -3.76. The fraction of sp³-hybridized carbons (Fsp3) is 0.103. The smallest absolute Gasteiger partial charge is 0.344 e. The molecule has 162 valence electrons. The monoisotopic (exact) mass is 449 g/mol. The number of pyridine rings is 1. The van der Waals surface area contributed by atoms with Crippen LogP contribution in [-0.4, -0.2) is 11.0 Å². The zero-order chi connectivity index (χ0) is 22.8. The highest BCUT2D eigenvalue weighted by Gasteiger charge is 2.18. The molecule has 2 aromatic heterocycles. The molecule has 0 bridgehead atoms. The Kier molecular flexibility index (Phi) is 5.76. The summed E-state index contributed by atoms with van der Waals surface area (Å²) in [4.78, 5) is 19.2. The van der Waals surface area contributed by atoms with E-state index in [1.165, 1.54) is 11.1 Å². The van der Waals surface area contributed by atoms with Crippen LogP contribution in [0.15, 0.2) is 90.3 Å². The second kappa shape index (κ2) is 9.00. The minimum atomic E-state index is -0.374. The summed E-state index contributed by atoms with van der Waals surface area (Å²) in [5.74, 6) is 0.157. The molecule has 0 aliphatic heterocycles. The van der Waals surface area contributed by atoms with E-state index in [0.717, 1.165) is 39.0 Å². The average molecular weight is 450 g/mol. The number of aryl methyl sites for hydroxylation is 2. The van der Waals surface area contributed by atoms with Crippen LogP contribution in [0.2, 0.25) is 0 Å². The molecule has 0 saturated heterocycles. The molecule has 0 saturated carbocycles. The normalized spacial score (nSPS) is 11.0. The number of fused-ring (bicyclic) bond motifs is 1. The lowest BCUT2D eigenvalue weighted by atomic mass is 10.0. The van der Waals surface area contributed by atoms with Crippen molar-refractivity contribution in [3.05, 3.63) is 118 Å². The van der Waals surface area contributed by atoms with Crippen LogP contribution < -0.4 is 4.74 Å². The summed E-state index contributed by atoms with van der Waals surface area (Å²) in [5.41, 5.74) is 6.70. The van der Waals surface area contributed by atoms with E-state index in [0.29, 0.717) is 11.3 Å². The number of carbonyl (C=O) groups is 1. The van der Waals surface area contributed by atoms with Gasteiger partial charge >= 0.3 is 5.97 Å². The molecule has 5 aromatic rings. The van der Waals surface area contributed by atoms with E-state index in [1.54, 1.807) is 11.3 Å². The number of aromatic nitrogens is 1. The Bertz CT molecular complexity index is 1420. The van der Waals surface area contributed by atoms with Crippen LogP contribution in [0.25, 0.3) is 21.5 Å². The minimum absolute atomic E-state index is 0.374. The number of esters is 1. The van der Waals surface area contributed by atoms with Gasteiger partial charge in [0.05, 0.1) is 21.7 Å². The van der Waals surface area contributed by atoms with Crippen molar-refractivity contribution < 1.29 is 9.53 Å². The fourth-order valence-electron chi connectivity index (χ4n) is 4.07. The van der Waals surface area contributed by atoms with Crippen LogP contribution in [0.3, 0.4) is 0 Å². The van der Waals surface area contributed by atoms with Crippen LogP contribution in [0.5, 0.6) is 5.75 Å². The fourth-order valence-corrected chi connectivity index (χ4v) is 4.76. The summed E-state index contributed by atoms with van der Waals surface area (Å²) >= 11 is 1.61. The van der Waals surface area contributed by atoms with Gasteiger partial charge in [0, 0.05) is 5.39 Å². The van der Waals surface area contributed by atoms with Crippen LogP contribution >= 0.6 is 11.3 Å². The third-order valence-electron chi connectivity index (χ3n) is 5.63. The molecular formula is C29H23NO2S. The van der Waals surface area contributed by atoms with E-state index >= 15 is 0 Å². The Morgan fingerprint density at radius 1 is 0.879 bits per heavy atom. The van der Waals surface area contributed by atoms with Crippen molar-refractivity contribution in [2.45, 2.75) is 20.3 Å². The standard InChI is InChI=1S/C29H23NO2S/c1-19-15-20(2)28-24(16-19)25(18-26(30-28)27-9-6-14-33-27)29(31)32-23-12-10-22(11-13-23)17-21-7-4-3-5-8-21/h3-16,18H,17H2,1-2H3. The van der Waals surface area contributed by atoms with Gasteiger partial charge in [-0.15, -0.1) is 11.3 Å². The quantitative estimate of drug-likeness (QED) is 0.207. The van der Waals surface area contributed by atoms with Gasteiger partial charge in [-0.3, -0.25) is 0 Å². The lowest BCUT2D eigenvalue weighted by Gasteiger charge is -2.12. The first-order valence-corrected chi connectivity index (χ1v) is 11.8. The van der Waals surface area contributed by atoms with Gasteiger partial charge in [0.2, 0.25) is 0 Å². The third-order valence-corrected chi connectivity index (χ3v) is 6.52. The van der Waals surface area contributed by atoms with Crippen LogP contribution in [0, 0.1) is 13.8 Å². The van der Waals surface area contributed by atoms with Gasteiger partial charge in [0.25, 0.3) is 0 Å². The molecule has 0 amide bonds. The first-order valence-electron chi connectivity index (χ1n) is 10.9.